The fraction of sp³-hybridized carbons (Fsp3) is 0.385. The molecule has 2 aromatic heterocycles. The molecule has 0 radical (unpaired) electrons. The minimum absolute atomic E-state index is 0.322. The Hall–Kier alpha value is -2.00. The van der Waals surface area contributed by atoms with Gasteiger partial charge < -0.3 is 5.32 Å². The first-order valence-corrected chi connectivity index (χ1v) is 6.90. The summed E-state index contributed by atoms with van der Waals surface area (Å²) in [6, 6.07) is 5.34. The number of nitrogens with one attached hydrogen (secondary N) is 1. The second-order valence-electron chi connectivity index (χ2n) is 4.59. The maximum absolute atomic E-state index is 8.63. The van der Waals surface area contributed by atoms with Crippen molar-refractivity contribution in [2.24, 2.45) is 5.92 Å². The van der Waals surface area contributed by atoms with Crippen LogP contribution in [0.3, 0.4) is 0 Å². The molecule has 5 nitrogen and oxygen atoms in total. The van der Waals surface area contributed by atoms with Gasteiger partial charge in [-0.1, -0.05) is 13.8 Å². The van der Waals surface area contributed by atoms with Crippen LogP contribution in [0.25, 0.3) is 0 Å². The molecule has 0 saturated heterocycles. The van der Waals surface area contributed by atoms with Crippen LogP contribution in [0.1, 0.15) is 29.4 Å². The lowest BCUT2D eigenvalue weighted by Gasteiger charge is -2.02. The number of rotatable bonds is 5. The molecule has 2 aromatic rings. The molecule has 1 N–H and O–H groups in total. The molecule has 0 aliphatic carbocycles. The van der Waals surface area contributed by atoms with Crippen molar-refractivity contribution >= 4 is 17.2 Å². The van der Waals surface area contributed by atoms with E-state index < -0.39 is 0 Å². The molecule has 19 heavy (non-hydrogen) atoms. The Labute approximate surface area is 116 Å². The van der Waals surface area contributed by atoms with Crippen molar-refractivity contribution in [2.45, 2.75) is 26.8 Å². The Morgan fingerprint density at radius 1 is 1.37 bits per heavy atom. The fourth-order valence-electron chi connectivity index (χ4n) is 1.54. The van der Waals surface area contributed by atoms with Crippen molar-refractivity contribution in [3.05, 3.63) is 33.9 Å². The van der Waals surface area contributed by atoms with Crippen molar-refractivity contribution in [3.8, 4) is 6.07 Å². The van der Waals surface area contributed by atoms with Crippen LogP contribution in [0, 0.1) is 17.2 Å². The zero-order chi connectivity index (χ0) is 13.7. The third-order valence-corrected chi connectivity index (χ3v) is 3.43. The summed E-state index contributed by atoms with van der Waals surface area (Å²) >= 11 is 1.71. The van der Waals surface area contributed by atoms with E-state index >= 15 is 0 Å². The second kappa shape index (κ2) is 6.25. The predicted molar refractivity (Wildman–Crippen MR) is 74.7 cm³/mol. The molecule has 0 aromatic carbocycles. The SMILES string of the molecule is CC(C)Cc1ncc(CNc2ccc(C#N)nn2)s1. The van der Waals surface area contributed by atoms with Gasteiger partial charge in [-0.25, -0.2) is 4.98 Å². The number of aromatic nitrogens is 3. The van der Waals surface area contributed by atoms with Crippen LogP contribution in [-0.2, 0) is 13.0 Å². The molecule has 0 atom stereocenters. The Bertz CT molecular complexity index is 567. The molecule has 0 aliphatic heterocycles. The fourth-order valence-corrected chi connectivity index (χ4v) is 2.61. The molecule has 2 rings (SSSR count). The van der Waals surface area contributed by atoms with Gasteiger partial charge in [0.05, 0.1) is 11.6 Å². The molecule has 0 saturated carbocycles. The van der Waals surface area contributed by atoms with Crippen molar-refractivity contribution in [1.82, 2.24) is 15.2 Å². The first-order chi connectivity index (χ1) is 9.17. The lowest BCUT2D eigenvalue weighted by atomic mass is 10.1. The van der Waals surface area contributed by atoms with Crippen LogP contribution in [-0.4, -0.2) is 15.2 Å². The van der Waals surface area contributed by atoms with Gasteiger partial charge in [0.2, 0.25) is 0 Å². The highest BCUT2D eigenvalue weighted by molar-refractivity contribution is 7.11. The second-order valence-corrected chi connectivity index (χ2v) is 5.79. The molecule has 0 fully saturated rings. The Morgan fingerprint density at radius 2 is 2.21 bits per heavy atom. The lowest BCUT2D eigenvalue weighted by molar-refractivity contribution is 0.644. The molecule has 2 heterocycles. The number of anilines is 1. The summed E-state index contributed by atoms with van der Waals surface area (Å²) in [5.74, 6) is 1.29. The highest BCUT2D eigenvalue weighted by Gasteiger charge is 2.04. The Kier molecular flexibility index (Phi) is 4.42. The van der Waals surface area contributed by atoms with Gasteiger partial charge in [-0.3, -0.25) is 0 Å². The van der Waals surface area contributed by atoms with Gasteiger partial charge in [0.15, 0.2) is 5.69 Å². The zero-order valence-electron chi connectivity index (χ0n) is 10.9. The van der Waals surface area contributed by atoms with E-state index in [4.69, 9.17) is 5.26 Å². The molecule has 0 amide bonds. The van der Waals surface area contributed by atoms with Crippen molar-refractivity contribution < 1.29 is 0 Å². The van der Waals surface area contributed by atoms with Gasteiger partial charge in [0.1, 0.15) is 11.9 Å². The molecule has 0 spiro atoms. The molecule has 0 aliphatic rings. The summed E-state index contributed by atoms with van der Waals surface area (Å²) in [4.78, 5) is 5.56. The van der Waals surface area contributed by atoms with Crippen LogP contribution in [0.15, 0.2) is 18.3 Å². The van der Waals surface area contributed by atoms with Gasteiger partial charge in [0.25, 0.3) is 0 Å². The normalized spacial score (nSPS) is 10.4. The van der Waals surface area contributed by atoms with Crippen molar-refractivity contribution in [2.75, 3.05) is 5.32 Å². The smallest absolute Gasteiger partial charge is 0.163 e. The van der Waals surface area contributed by atoms with Crippen molar-refractivity contribution in [1.29, 1.82) is 5.26 Å². The highest BCUT2D eigenvalue weighted by Crippen LogP contribution is 2.17. The quantitative estimate of drug-likeness (QED) is 0.906. The molecular formula is C13H15N5S. The van der Waals surface area contributed by atoms with Crippen LogP contribution < -0.4 is 5.32 Å². The minimum atomic E-state index is 0.322. The summed E-state index contributed by atoms with van der Waals surface area (Å²) in [6.45, 7) is 5.05. The third kappa shape index (κ3) is 4.00. The van der Waals surface area contributed by atoms with Crippen molar-refractivity contribution in [3.63, 3.8) is 0 Å². The van der Waals surface area contributed by atoms with E-state index in [1.165, 1.54) is 4.88 Å². The van der Waals surface area contributed by atoms with Crippen LogP contribution in [0.2, 0.25) is 0 Å². The third-order valence-electron chi connectivity index (χ3n) is 2.41. The maximum Gasteiger partial charge on any atom is 0.163 e. The lowest BCUT2D eigenvalue weighted by Crippen LogP contribution is -2.01. The summed E-state index contributed by atoms with van der Waals surface area (Å²) in [5, 5.41) is 20.7. The largest absolute Gasteiger partial charge is 0.364 e. The van der Waals surface area contributed by atoms with E-state index in [1.54, 1.807) is 23.5 Å². The topological polar surface area (TPSA) is 74.5 Å². The monoisotopic (exact) mass is 273 g/mol. The van der Waals surface area contributed by atoms with Gasteiger partial charge in [0, 0.05) is 17.5 Å². The first kappa shape index (κ1) is 13.4. The molecule has 0 unspecified atom stereocenters. The predicted octanol–water partition coefficient (Wildman–Crippen LogP) is 2.62. The maximum atomic E-state index is 8.63. The standard InChI is InChI=1S/C13H15N5S/c1-9(2)5-13-16-8-11(19-13)7-15-12-4-3-10(6-14)17-18-12/h3-4,8-9H,5,7H2,1-2H3,(H,15,18). The average Bonchev–Trinajstić information content (AvgIpc) is 2.84. The summed E-state index contributed by atoms with van der Waals surface area (Å²) < 4.78 is 0. The van der Waals surface area contributed by atoms with Crippen LogP contribution in [0.4, 0.5) is 5.82 Å². The van der Waals surface area contributed by atoms with Gasteiger partial charge in [-0.15, -0.1) is 21.5 Å². The molecule has 98 valence electrons. The van der Waals surface area contributed by atoms with E-state index in [9.17, 15) is 0 Å². The number of thiazole rings is 1. The van der Waals surface area contributed by atoms with E-state index in [2.05, 4.69) is 34.3 Å². The number of hydrogen-bond donors (Lipinski definition) is 1. The van der Waals surface area contributed by atoms with Crippen LogP contribution in [0.5, 0.6) is 0 Å². The molecule has 0 bridgehead atoms. The number of nitriles is 1. The van der Waals surface area contributed by atoms with E-state index in [0.29, 0.717) is 24.0 Å². The van der Waals surface area contributed by atoms with E-state index in [-0.39, 0.29) is 0 Å². The average molecular weight is 273 g/mol. The number of hydrogen-bond acceptors (Lipinski definition) is 6. The highest BCUT2D eigenvalue weighted by atomic mass is 32.1. The first-order valence-electron chi connectivity index (χ1n) is 6.08. The van der Waals surface area contributed by atoms with Gasteiger partial charge in [-0.05, 0) is 18.1 Å². The summed E-state index contributed by atoms with van der Waals surface area (Å²) in [5.41, 5.74) is 0.322. The molecular weight excluding hydrogens is 258 g/mol. The zero-order valence-corrected chi connectivity index (χ0v) is 11.7. The molecule has 6 heteroatoms. The van der Waals surface area contributed by atoms with E-state index in [1.807, 2.05) is 12.3 Å². The van der Waals surface area contributed by atoms with Gasteiger partial charge in [-0.2, -0.15) is 5.26 Å². The Morgan fingerprint density at radius 3 is 2.84 bits per heavy atom. The van der Waals surface area contributed by atoms with Gasteiger partial charge >= 0.3 is 0 Å². The summed E-state index contributed by atoms with van der Waals surface area (Å²) in [7, 11) is 0. The Balaban J connectivity index is 1.91. The minimum Gasteiger partial charge on any atom is -0.364 e. The number of nitrogens with zero attached hydrogens (tertiary/aromatic N) is 4. The summed E-state index contributed by atoms with van der Waals surface area (Å²) in [6.07, 6.45) is 2.91. The van der Waals surface area contributed by atoms with Crippen LogP contribution >= 0.6 is 11.3 Å². The van der Waals surface area contributed by atoms with E-state index in [0.717, 1.165) is 11.4 Å².